The first-order valence-corrected chi connectivity index (χ1v) is 9.70. The molecule has 0 saturated heterocycles. The minimum Gasteiger partial charge on any atom is -0.465 e. The minimum absolute atomic E-state index is 0.0520. The molecule has 0 radical (unpaired) electrons. The van der Waals surface area contributed by atoms with E-state index in [1.54, 1.807) is 0 Å². The molecule has 4 saturated carbocycles. The number of ketones is 1. The lowest BCUT2D eigenvalue weighted by molar-refractivity contribution is -0.179. The van der Waals surface area contributed by atoms with Crippen LogP contribution in [0.5, 0.6) is 0 Å². The molecule has 4 fully saturated rings. The summed E-state index contributed by atoms with van der Waals surface area (Å²) in [6, 6.07) is 0. The number of carbonyl (C=O) groups excluding carboxylic acids is 2. The quantitative estimate of drug-likeness (QED) is 0.788. The van der Waals surface area contributed by atoms with Crippen molar-refractivity contribution in [3.63, 3.8) is 0 Å². The monoisotopic (exact) mass is 334 g/mol. The van der Waals surface area contributed by atoms with Crippen molar-refractivity contribution in [2.45, 2.75) is 77.4 Å². The van der Waals surface area contributed by atoms with E-state index in [0.29, 0.717) is 48.8 Å². The van der Waals surface area contributed by atoms with Crippen LogP contribution in [0.15, 0.2) is 0 Å². The van der Waals surface area contributed by atoms with E-state index in [1.165, 1.54) is 0 Å². The third-order valence-corrected chi connectivity index (χ3v) is 8.51. The van der Waals surface area contributed by atoms with Crippen molar-refractivity contribution in [2.24, 2.45) is 34.5 Å². The van der Waals surface area contributed by atoms with E-state index in [0.717, 1.165) is 38.5 Å². The Hall–Kier alpha value is -0.900. The Labute approximate surface area is 144 Å². The summed E-state index contributed by atoms with van der Waals surface area (Å²) in [5.74, 6) is 2.14. The van der Waals surface area contributed by atoms with Crippen LogP contribution >= 0.6 is 0 Å². The van der Waals surface area contributed by atoms with Crippen LogP contribution in [0.1, 0.15) is 65.2 Å². The van der Waals surface area contributed by atoms with Crippen molar-refractivity contribution >= 4 is 12.3 Å². The third-order valence-electron chi connectivity index (χ3n) is 8.51. The molecule has 4 nitrogen and oxygen atoms in total. The lowest BCUT2D eigenvalue weighted by atomic mass is 9.44. The van der Waals surface area contributed by atoms with Crippen LogP contribution in [0.4, 0.5) is 0 Å². The number of aliphatic hydroxyl groups excluding tert-OH is 1. The van der Waals surface area contributed by atoms with Crippen LogP contribution < -0.4 is 0 Å². The average molecular weight is 334 g/mol. The lowest BCUT2D eigenvalue weighted by Crippen LogP contribution is -2.59. The first kappa shape index (κ1) is 16.6. The predicted octanol–water partition coefficient (Wildman–Crippen LogP) is 3.11. The van der Waals surface area contributed by atoms with Gasteiger partial charge >= 0.3 is 0 Å². The number of aliphatic hydroxyl groups is 1. The summed E-state index contributed by atoms with van der Waals surface area (Å²) >= 11 is 0. The maximum atomic E-state index is 12.5. The molecular formula is C20H30O4. The number of carbonyl (C=O) groups is 2. The number of rotatable bonds is 2. The van der Waals surface area contributed by atoms with Gasteiger partial charge in [0.1, 0.15) is 11.9 Å². The topological polar surface area (TPSA) is 63.6 Å². The number of hydrogen-bond donors (Lipinski definition) is 1. The molecule has 24 heavy (non-hydrogen) atoms. The first-order chi connectivity index (χ1) is 11.4. The Morgan fingerprint density at radius 3 is 2.75 bits per heavy atom. The van der Waals surface area contributed by atoms with Crippen molar-refractivity contribution in [1.82, 2.24) is 0 Å². The summed E-state index contributed by atoms with van der Waals surface area (Å²) in [5.41, 5.74) is -0.167. The molecule has 8 atom stereocenters. The summed E-state index contributed by atoms with van der Waals surface area (Å²) in [6.07, 6.45) is 7.17. The zero-order chi connectivity index (χ0) is 17.1. The van der Waals surface area contributed by atoms with Crippen molar-refractivity contribution in [3.8, 4) is 0 Å². The van der Waals surface area contributed by atoms with Gasteiger partial charge in [0.05, 0.1) is 6.10 Å². The smallest absolute Gasteiger partial charge is 0.293 e. The summed E-state index contributed by atoms with van der Waals surface area (Å²) < 4.78 is 5.25. The Kier molecular flexibility index (Phi) is 3.83. The number of ether oxygens (including phenoxy) is 1. The Morgan fingerprint density at radius 2 is 2.00 bits per heavy atom. The van der Waals surface area contributed by atoms with Gasteiger partial charge in [0.25, 0.3) is 6.47 Å². The van der Waals surface area contributed by atoms with Crippen molar-refractivity contribution < 1.29 is 19.4 Å². The van der Waals surface area contributed by atoms with Crippen LogP contribution in [0.25, 0.3) is 0 Å². The van der Waals surface area contributed by atoms with E-state index in [2.05, 4.69) is 13.8 Å². The molecule has 4 aliphatic rings. The molecule has 0 spiro atoms. The van der Waals surface area contributed by atoms with Crippen LogP contribution in [0, 0.1) is 34.5 Å². The van der Waals surface area contributed by atoms with Crippen LogP contribution in [-0.4, -0.2) is 29.6 Å². The molecule has 0 aromatic heterocycles. The van der Waals surface area contributed by atoms with Crippen molar-refractivity contribution in [2.75, 3.05) is 0 Å². The second-order valence-corrected chi connectivity index (χ2v) is 9.36. The van der Waals surface area contributed by atoms with E-state index in [-0.39, 0.29) is 23.0 Å². The molecule has 134 valence electrons. The van der Waals surface area contributed by atoms with Gasteiger partial charge in [-0.2, -0.15) is 0 Å². The average Bonchev–Trinajstić information content (AvgIpc) is 2.82. The van der Waals surface area contributed by atoms with Crippen molar-refractivity contribution in [3.05, 3.63) is 0 Å². The summed E-state index contributed by atoms with van der Waals surface area (Å²) in [4.78, 5) is 23.2. The molecule has 4 aliphatic carbocycles. The maximum absolute atomic E-state index is 12.5. The molecular weight excluding hydrogens is 304 g/mol. The number of Topliss-reactive ketones (excluding diaryl/α,β-unsaturated/α-hetero) is 1. The van der Waals surface area contributed by atoms with Gasteiger partial charge in [0.15, 0.2) is 0 Å². The zero-order valence-electron chi connectivity index (χ0n) is 14.9. The van der Waals surface area contributed by atoms with E-state index in [9.17, 15) is 14.7 Å². The standard InChI is InChI=1S/C20H30O4/c1-19-8-7-13(24-11-21)9-12(19)3-4-14-15-5-6-17(23)20(15,2)10-16(22)18(14)19/h11-16,18,22H,3-10H2,1-2H3/t12?,13-,14+,15+,16+,18-,19+,20+/m1/s1. The minimum atomic E-state index is -0.366. The predicted molar refractivity (Wildman–Crippen MR) is 89.1 cm³/mol. The van der Waals surface area contributed by atoms with Gasteiger partial charge < -0.3 is 9.84 Å². The zero-order valence-corrected chi connectivity index (χ0v) is 14.9. The molecule has 0 aromatic carbocycles. The highest BCUT2D eigenvalue weighted by Crippen LogP contribution is 2.65. The van der Waals surface area contributed by atoms with Crippen LogP contribution in [-0.2, 0) is 14.3 Å². The largest absolute Gasteiger partial charge is 0.465 e. The molecule has 0 aromatic rings. The normalized spacial score (nSPS) is 53.7. The molecule has 0 aliphatic heterocycles. The molecule has 0 amide bonds. The first-order valence-electron chi connectivity index (χ1n) is 9.70. The highest BCUT2D eigenvalue weighted by atomic mass is 16.5. The highest BCUT2D eigenvalue weighted by Gasteiger charge is 2.63. The Balaban J connectivity index is 1.62. The molecule has 0 bridgehead atoms. The van der Waals surface area contributed by atoms with Crippen LogP contribution in [0.3, 0.4) is 0 Å². The number of fused-ring (bicyclic) bond motifs is 5. The molecule has 4 rings (SSSR count). The SMILES string of the molecule is C[C@]12CC[C@@H](OC=O)CC1CC[C@@H]1[C@@H]2[C@@H](O)C[C@]2(C)C(=O)CC[C@@H]12. The van der Waals surface area contributed by atoms with Crippen LogP contribution in [0.2, 0.25) is 0 Å². The third kappa shape index (κ3) is 2.14. The fourth-order valence-electron chi connectivity index (χ4n) is 7.32. The Morgan fingerprint density at radius 1 is 1.21 bits per heavy atom. The lowest BCUT2D eigenvalue weighted by Gasteiger charge is -2.61. The summed E-state index contributed by atoms with van der Waals surface area (Å²) in [5, 5.41) is 11.1. The van der Waals surface area contributed by atoms with Crippen molar-refractivity contribution in [1.29, 1.82) is 0 Å². The van der Waals surface area contributed by atoms with E-state index in [4.69, 9.17) is 4.74 Å². The highest BCUT2D eigenvalue weighted by molar-refractivity contribution is 5.87. The second kappa shape index (κ2) is 5.55. The fourth-order valence-corrected chi connectivity index (χ4v) is 7.32. The van der Waals surface area contributed by atoms with Gasteiger partial charge in [-0.15, -0.1) is 0 Å². The van der Waals surface area contributed by atoms with E-state index >= 15 is 0 Å². The summed E-state index contributed by atoms with van der Waals surface area (Å²) in [7, 11) is 0. The molecule has 1 unspecified atom stereocenters. The van der Waals surface area contributed by atoms with Gasteiger partial charge in [-0.25, -0.2) is 0 Å². The molecule has 0 heterocycles. The fraction of sp³-hybridized carbons (Fsp3) is 0.900. The summed E-state index contributed by atoms with van der Waals surface area (Å²) in [6.45, 7) is 5.05. The molecule has 4 heteroatoms. The van der Waals surface area contributed by atoms with Gasteiger partial charge in [0.2, 0.25) is 0 Å². The molecule has 1 N–H and O–H groups in total. The van der Waals surface area contributed by atoms with Gasteiger partial charge in [-0.1, -0.05) is 13.8 Å². The van der Waals surface area contributed by atoms with E-state index < -0.39 is 0 Å². The van der Waals surface area contributed by atoms with E-state index in [1.807, 2.05) is 0 Å². The maximum Gasteiger partial charge on any atom is 0.293 e. The van der Waals surface area contributed by atoms with Gasteiger partial charge in [0, 0.05) is 11.8 Å². The van der Waals surface area contributed by atoms with Gasteiger partial charge in [-0.3, -0.25) is 9.59 Å². The number of hydrogen-bond acceptors (Lipinski definition) is 4. The Bertz CT molecular complexity index is 546. The van der Waals surface area contributed by atoms with Gasteiger partial charge in [-0.05, 0) is 74.0 Å². The second-order valence-electron chi connectivity index (χ2n) is 9.36.